The molecule has 1 aromatic heterocycles. The first-order valence-corrected chi connectivity index (χ1v) is 12.6. The third-order valence-electron chi connectivity index (χ3n) is 7.02. The molecule has 3 aromatic rings. The van der Waals surface area contributed by atoms with Gasteiger partial charge in [0.05, 0.1) is 11.4 Å². The fourth-order valence-corrected chi connectivity index (χ4v) is 4.78. The molecule has 8 nitrogen and oxygen atoms in total. The van der Waals surface area contributed by atoms with Crippen molar-refractivity contribution in [1.29, 1.82) is 0 Å². The minimum atomic E-state index is -0.651. The third-order valence-corrected chi connectivity index (χ3v) is 7.02. The summed E-state index contributed by atoms with van der Waals surface area (Å²) in [6.07, 6.45) is 4.68. The molecule has 0 fully saturated rings. The van der Waals surface area contributed by atoms with E-state index < -0.39 is 6.10 Å². The lowest BCUT2D eigenvalue weighted by molar-refractivity contribution is 0.142. The van der Waals surface area contributed by atoms with Crippen LogP contribution >= 0.6 is 0 Å². The van der Waals surface area contributed by atoms with Crippen LogP contribution in [0.1, 0.15) is 61.4 Å². The highest BCUT2D eigenvalue weighted by Crippen LogP contribution is 2.40. The number of rotatable bonds is 8. The van der Waals surface area contributed by atoms with E-state index in [-0.39, 0.29) is 6.04 Å². The van der Waals surface area contributed by atoms with E-state index in [9.17, 15) is 5.11 Å². The maximum atomic E-state index is 11.1. The Morgan fingerprint density at radius 3 is 2.11 bits per heavy atom. The maximum absolute atomic E-state index is 11.1. The number of hydrazine groups is 1. The summed E-state index contributed by atoms with van der Waals surface area (Å²) in [4.78, 5) is 12.4. The van der Waals surface area contributed by atoms with Crippen molar-refractivity contribution in [3.63, 3.8) is 0 Å². The van der Waals surface area contributed by atoms with E-state index in [1.807, 2.05) is 0 Å². The number of fused-ring (bicyclic) bond motifs is 1. The molecule has 6 N–H and O–H groups in total. The Morgan fingerprint density at radius 1 is 0.972 bits per heavy atom. The van der Waals surface area contributed by atoms with E-state index in [1.54, 1.807) is 0 Å². The zero-order chi connectivity index (χ0) is 25.7. The molecule has 2 atom stereocenters. The molecule has 0 spiro atoms. The van der Waals surface area contributed by atoms with Crippen LogP contribution in [-0.2, 0) is 0 Å². The molecule has 36 heavy (non-hydrogen) atoms. The number of aliphatic hydroxyl groups is 1. The number of aliphatic hydroxyl groups excluding tert-OH is 1. The molecule has 8 heteroatoms. The second-order valence-corrected chi connectivity index (χ2v) is 9.70. The molecule has 0 radical (unpaired) electrons. The Kier molecular flexibility index (Phi) is 8.18. The Labute approximate surface area is 213 Å². The summed E-state index contributed by atoms with van der Waals surface area (Å²) in [5, 5.41) is 14.8. The highest BCUT2D eigenvalue weighted by atomic mass is 16.3. The molecule has 0 saturated carbocycles. The Bertz CT molecular complexity index is 1190. The van der Waals surface area contributed by atoms with Crippen LogP contribution in [0, 0.1) is 13.8 Å². The molecule has 0 bridgehead atoms. The highest BCUT2D eigenvalue weighted by molar-refractivity contribution is 5.81. The highest BCUT2D eigenvalue weighted by Gasteiger charge is 2.33. The van der Waals surface area contributed by atoms with E-state index in [4.69, 9.17) is 21.7 Å². The smallest absolute Gasteiger partial charge is 0.153 e. The lowest BCUT2D eigenvalue weighted by Gasteiger charge is -2.37. The van der Waals surface area contributed by atoms with Crippen LogP contribution in [0.4, 0.5) is 5.82 Å². The van der Waals surface area contributed by atoms with Gasteiger partial charge in [-0.05, 0) is 33.1 Å². The van der Waals surface area contributed by atoms with Crippen molar-refractivity contribution >= 4 is 11.7 Å². The van der Waals surface area contributed by atoms with E-state index in [2.05, 4.69) is 84.9 Å². The summed E-state index contributed by atoms with van der Waals surface area (Å²) in [5.74, 6) is 12.1. The van der Waals surface area contributed by atoms with Gasteiger partial charge in [-0.1, -0.05) is 72.5 Å². The predicted octanol–water partition coefficient (Wildman–Crippen LogP) is 4.36. The molecular weight excluding hydrogens is 450 g/mol. The number of nitrogens with one attached hydrogen (secondary N) is 1. The van der Waals surface area contributed by atoms with Crippen LogP contribution < -0.4 is 22.0 Å². The molecular formula is C28H37N7O. The number of anilines is 1. The van der Waals surface area contributed by atoms with Crippen LogP contribution in [0.25, 0.3) is 22.5 Å². The molecule has 2 unspecified atom stereocenters. The van der Waals surface area contributed by atoms with Gasteiger partial charge in [0.15, 0.2) is 5.82 Å². The standard InChI is InChI=1S/C28H37N7O/c1-18-9-13-20(14-10-18)25-26(21-15-11-19(2)12-16-21)32-28-27(31-25)23(36)17-22(35(28)3)7-5-4-6-8-24(33-29)34-30/h9-16,22-23,36H,4-8,17,29-30H2,1-3H3,(H,33,34). The lowest BCUT2D eigenvalue weighted by Crippen LogP contribution is -2.39. The number of hydrogen-bond donors (Lipinski definition) is 4. The molecule has 1 aliphatic heterocycles. The largest absolute Gasteiger partial charge is 0.387 e. The molecule has 0 aliphatic carbocycles. The monoisotopic (exact) mass is 487 g/mol. The molecule has 0 saturated heterocycles. The Morgan fingerprint density at radius 2 is 1.56 bits per heavy atom. The summed E-state index contributed by atoms with van der Waals surface area (Å²) in [6.45, 7) is 4.15. The number of nitrogens with zero attached hydrogens (tertiary/aromatic N) is 4. The number of hydrazone groups is 1. The Hall–Kier alpha value is -3.49. The van der Waals surface area contributed by atoms with Crippen LogP contribution in [0.15, 0.2) is 53.6 Å². The molecule has 190 valence electrons. The normalized spacial score (nSPS) is 17.7. The van der Waals surface area contributed by atoms with Crippen molar-refractivity contribution in [2.45, 2.75) is 64.5 Å². The van der Waals surface area contributed by atoms with Gasteiger partial charge < -0.3 is 21.3 Å². The first-order chi connectivity index (χ1) is 17.4. The fraction of sp³-hybridized carbons (Fsp3) is 0.393. The van der Waals surface area contributed by atoms with Gasteiger partial charge in [0.2, 0.25) is 0 Å². The zero-order valence-corrected chi connectivity index (χ0v) is 21.4. The van der Waals surface area contributed by atoms with Crippen LogP contribution in [0.5, 0.6) is 0 Å². The summed E-state index contributed by atoms with van der Waals surface area (Å²) in [5.41, 5.74) is 9.21. The van der Waals surface area contributed by atoms with Gasteiger partial charge in [-0.15, -0.1) is 0 Å². The number of hydrogen-bond acceptors (Lipinski definition) is 7. The minimum Gasteiger partial charge on any atom is -0.387 e. The SMILES string of the molecule is Cc1ccc(-c2nc3c(nc2-c2ccc(C)cc2)N(C)C(CCCCC/C(=N/N)NN)CC3O)cc1. The van der Waals surface area contributed by atoms with Gasteiger partial charge >= 0.3 is 0 Å². The Balaban J connectivity index is 1.61. The molecule has 4 rings (SSSR count). The topological polar surface area (TPSA) is 126 Å². The lowest BCUT2D eigenvalue weighted by atomic mass is 9.94. The average molecular weight is 488 g/mol. The molecule has 1 aliphatic rings. The van der Waals surface area contributed by atoms with Crippen LogP contribution in [0.3, 0.4) is 0 Å². The second-order valence-electron chi connectivity index (χ2n) is 9.70. The van der Waals surface area contributed by atoms with Gasteiger partial charge in [-0.25, -0.2) is 15.8 Å². The molecule has 0 amide bonds. The second kappa shape index (κ2) is 11.5. The number of benzene rings is 2. The van der Waals surface area contributed by atoms with E-state index in [0.717, 1.165) is 60.4 Å². The van der Waals surface area contributed by atoms with Crippen molar-refractivity contribution in [3.8, 4) is 22.5 Å². The van der Waals surface area contributed by atoms with E-state index in [0.29, 0.717) is 18.0 Å². The average Bonchev–Trinajstić information content (AvgIpc) is 2.89. The first-order valence-electron chi connectivity index (χ1n) is 12.6. The van der Waals surface area contributed by atoms with Gasteiger partial charge in [0.25, 0.3) is 0 Å². The quantitative estimate of drug-likeness (QED) is 0.122. The van der Waals surface area contributed by atoms with Crippen LogP contribution in [0.2, 0.25) is 0 Å². The van der Waals surface area contributed by atoms with Crippen molar-refractivity contribution in [3.05, 3.63) is 65.4 Å². The predicted molar refractivity (Wildman–Crippen MR) is 146 cm³/mol. The summed E-state index contributed by atoms with van der Waals surface area (Å²) in [6, 6.07) is 16.9. The van der Waals surface area contributed by atoms with Gasteiger partial charge in [0, 0.05) is 30.6 Å². The fourth-order valence-electron chi connectivity index (χ4n) is 4.78. The van der Waals surface area contributed by atoms with Crippen molar-refractivity contribution < 1.29 is 5.11 Å². The number of aromatic nitrogens is 2. The van der Waals surface area contributed by atoms with E-state index >= 15 is 0 Å². The van der Waals surface area contributed by atoms with Gasteiger partial charge in [0.1, 0.15) is 17.6 Å². The van der Waals surface area contributed by atoms with Crippen molar-refractivity contribution in [2.24, 2.45) is 16.8 Å². The molecule has 2 aromatic carbocycles. The molecule has 2 heterocycles. The number of unbranched alkanes of at least 4 members (excludes halogenated alkanes) is 2. The summed E-state index contributed by atoms with van der Waals surface area (Å²) < 4.78 is 0. The first kappa shape index (κ1) is 25.6. The van der Waals surface area contributed by atoms with E-state index in [1.165, 1.54) is 11.1 Å². The van der Waals surface area contributed by atoms with Crippen molar-refractivity contribution in [2.75, 3.05) is 11.9 Å². The van der Waals surface area contributed by atoms with Gasteiger partial charge in [-0.2, -0.15) is 5.10 Å². The van der Waals surface area contributed by atoms with Crippen molar-refractivity contribution in [1.82, 2.24) is 15.4 Å². The number of nitrogens with two attached hydrogens (primary N) is 2. The zero-order valence-electron chi connectivity index (χ0n) is 21.4. The van der Waals surface area contributed by atoms with Gasteiger partial charge in [-0.3, -0.25) is 0 Å². The minimum absolute atomic E-state index is 0.188. The third kappa shape index (κ3) is 5.66. The summed E-state index contributed by atoms with van der Waals surface area (Å²) >= 11 is 0. The number of amidine groups is 1. The maximum Gasteiger partial charge on any atom is 0.153 e. The number of aryl methyl sites for hydroxylation is 2. The van der Waals surface area contributed by atoms with Crippen LogP contribution in [-0.4, -0.2) is 34.0 Å². The summed E-state index contributed by atoms with van der Waals surface area (Å²) in [7, 11) is 2.06.